The first-order chi connectivity index (χ1) is 15.0. The number of hydrogen-bond donors (Lipinski definition) is 3. The van der Waals surface area contributed by atoms with E-state index in [1.54, 1.807) is 0 Å². The molecule has 6 aliphatic rings. The van der Waals surface area contributed by atoms with Crippen molar-refractivity contribution in [1.82, 2.24) is 0 Å². The molecule has 2 saturated heterocycles. The zero-order valence-electron chi connectivity index (χ0n) is 20.4. The number of rotatable bonds is 0. The van der Waals surface area contributed by atoms with Crippen molar-refractivity contribution in [2.24, 2.45) is 46.3 Å². The molecule has 0 radical (unpaired) electrons. The number of ether oxygens (including phenoxy) is 2. The predicted octanol–water partition coefficient (Wildman–Crippen LogP) is 3.88. The van der Waals surface area contributed by atoms with Crippen molar-refractivity contribution in [3.05, 3.63) is 0 Å². The second-order valence-corrected chi connectivity index (χ2v) is 13.6. The molecule has 3 N–H and O–H groups in total. The van der Waals surface area contributed by atoms with Gasteiger partial charge in [-0.3, -0.25) is 0 Å². The largest absolute Gasteiger partial charge is 0.393 e. The molecule has 2 aliphatic heterocycles. The third-order valence-corrected chi connectivity index (χ3v) is 12.0. The van der Waals surface area contributed by atoms with Gasteiger partial charge in [0, 0.05) is 12.3 Å². The number of hydrogen-bond acceptors (Lipinski definition) is 5. The normalized spacial score (nSPS) is 64.0. The van der Waals surface area contributed by atoms with E-state index < -0.39 is 11.4 Å². The third kappa shape index (κ3) is 2.87. The summed E-state index contributed by atoms with van der Waals surface area (Å²) in [7, 11) is 0. The average Bonchev–Trinajstić information content (AvgIpc) is 3.17. The van der Waals surface area contributed by atoms with Crippen LogP contribution in [0.2, 0.25) is 0 Å². The van der Waals surface area contributed by atoms with Gasteiger partial charge in [0.15, 0.2) is 5.79 Å². The topological polar surface area (TPSA) is 79.2 Å². The Morgan fingerprint density at radius 2 is 1.56 bits per heavy atom. The third-order valence-electron chi connectivity index (χ3n) is 12.0. The van der Waals surface area contributed by atoms with Gasteiger partial charge < -0.3 is 24.8 Å². The standard InChI is InChI=1S/C27H44O5/c1-15-23-22(32-27(15)10-9-24(2,30)14-31-27)13-19-17-12-21(29)20-11-16(28)5-7-25(20,3)18(17)6-8-26(19,23)4/h15-23,28-30H,5-14H2,1-4H3. The van der Waals surface area contributed by atoms with Gasteiger partial charge in [-0.05, 0) is 98.7 Å². The second kappa shape index (κ2) is 6.94. The SMILES string of the molecule is CC1C2C(CC3C4CC(O)C5CC(O)CCC5(C)C4CCC32C)OC12CCC(C)(O)CO2. The van der Waals surface area contributed by atoms with Gasteiger partial charge in [0.05, 0.1) is 30.5 Å². The zero-order chi connectivity index (χ0) is 22.7. The van der Waals surface area contributed by atoms with E-state index in [0.717, 1.165) is 44.9 Å². The van der Waals surface area contributed by atoms with E-state index in [0.29, 0.717) is 36.2 Å². The molecule has 13 unspecified atom stereocenters. The monoisotopic (exact) mass is 448 g/mol. The highest BCUT2D eigenvalue weighted by Gasteiger charge is 2.70. The molecule has 182 valence electrons. The lowest BCUT2D eigenvalue weighted by atomic mass is 9.43. The van der Waals surface area contributed by atoms with Crippen LogP contribution in [0.1, 0.15) is 85.5 Å². The van der Waals surface area contributed by atoms with Crippen LogP contribution in [-0.2, 0) is 9.47 Å². The summed E-state index contributed by atoms with van der Waals surface area (Å²) in [5.41, 5.74) is -0.351. The summed E-state index contributed by atoms with van der Waals surface area (Å²) in [5, 5.41) is 32.0. The molecular formula is C27H44O5. The molecular weight excluding hydrogens is 404 g/mol. The van der Waals surface area contributed by atoms with E-state index in [2.05, 4.69) is 20.8 Å². The van der Waals surface area contributed by atoms with Gasteiger partial charge in [0.25, 0.3) is 0 Å². The van der Waals surface area contributed by atoms with Crippen LogP contribution in [-0.4, -0.2) is 51.6 Å². The predicted molar refractivity (Wildman–Crippen MR) is 121 cm³/mol. The lowest BCUT2D eigenvalue weighted by Gasteiger charge is -2.62. The Hall–Kier alpha value is -0.200. The summed E-state index contributed by atoms with van der Waals surface area (Å²) in [5.74, 6) is 2.37. The highest BCUT2D eigenvalue weighted by molar-refractivity contribution is 5.16. The Morgan fingerprint density at radius 1 is 0.812 bits per heavy atom. The fourth-order valence-electron chi connectivity index (χ4n) is 10.3. The molecule has 0 aromatic rings. The summed E-state index contributed by atoms with van der Waals surface area (Å²) in [4.78, 5) is 0. The number of fused-ring (bicyclic) bond motifs is 7. The maximum atomic E-state index is 11.2. The Labute approximate surface area is 193 Å². The van der Waals surface area contributed by atoms with Gasteiger partial charge in [0.1, 0.15) is 0 Å². The minimum atomic E-state index is -0.742. The quantitative estimate of drug-likeness (QED) is 0.524. The maximum Gasteiger partial charge on any atom is 0.171 e. The fraction of sp³-hybridized carbons (Fsp3) is 1.00. The molecule has 0 aromatic carbocycles. The van der Waals surface area contributed by atoms with Crippen molar-refractivity contribution < 1.29 is 24.8 Å². The molecule has 13 atom stereocenters. The first kappa shape index (κ1) is 22.3. The molecule has 1 spiro atoms. The molecule has 4 aliphatic carbocycles. The Balaban J connectivity index is 1.27. The summed E-state index contributed by atoms with van der Waals surface area (Å²) >= 11 is 0. The summed E-state index contributed by atoms with van der Waals surface area (Å²) in [6.07, 6.45) is 8.41. The second-order valence-electron chi connectivity index (χ2n) is 13.6. The minimum Gasteiger partial charge on any atom is -0.393 e. The van der Waals surface area contributed by atoms with Crippen LogP contribution in [0.3, 0.4) is 0 Å². The van der Waals surface area contributed by atoms with Crippen LogP contribution >= 0.6 is 0 Å². The van der Waals surface area contributed by atoms with Crippen molar-refractivity contribution >= 4 is 0 Å². The van der Waals surface area contributed by atoms with Crippen LogP contribution < -0.4 is 0 Å². The van der Waals surface area contributed by atoms with Crippen molar-refractivity contribution in [3.8, 4) is 0 Å². The maximum absolute atomic E-state index is 11.2. The van der Waals surface area contributed by atoms with E-state index in [-0.39, 0.29) is 35.1 Å². The molecule has 2 heterocycles. The van der Waals surface area contributed by atoms with Crippen LogP contribution in [0.5, 0.6) is 0 Å². The Morgan fingerprint density at radius 3 is 2.28 bits per heavy atom. The molecule has 32 heavy (non-hydrogen) atoms. The first-order valence-electron chi connectivity index (χ1n) is 13.4. The summed E-state index contributed by atoms with van der Waals surface area (Å²) in [6, 6.07) is 0. The fourth-order valence-corrected chi connectivity index (χ4v) is 10.3. The molecule has 6 rings (SSSR count). The zero-order valence-corrected chi connectivity index (χ0v) is 20.4. The van der Waals surface area contributed by atoms with Gasteiger partial charge in [-0.15, -0.1) is 0 Å². The Bertz CT molecular complexity index is 757. The van der Waals surface area contributed by atoms with Gasteiger partial charge in [0.2, 0.25) is 0 Å². The van der Waals surface area contributed by atoms with E-state index in [1.807, 2.05) is 6.92 Å². The van der Waals surface area contributed by atoms with E-state index in [9.17, 15) is 15.3 Å². The van der Waals surface area contributed by atoms with Crippen molar-refractivity contribution in [3.63, 3.8) is 0 Å². The van der Waals surface area contributed by atoms with Crippen LogP contribution in [0.25, 0.3) is 0 Å². The van der Waals surface area contributed by atoms with Crippen molar-refractivity contribution in [2.75, 3.05) is 6.61 Å². The minimum absolute atomic E-state index is 0.159. The summed E-state index contributed by atoms with van der Waals surface area (Å²) in [6.45, 7) is 9.50. The van der Waals surface area contributed by atoms with Crippen molar-refractivity contribution in [2.45, 2.75) is 115 Å². The lowest BCUT2D eigenvalue weighted by Crippen LogP contribution is -2.59. The molecule has 5 heteroatoms. The smallest absolute Gasteiger partial charge is 0.171 e. The van der Waals surface area contributed by atoms with Gasteiger partial charge in [-0.1, -0.05) is 20.8 Å². The van der Waals surface area contributed by atoms with Gasteiger partial charge in [-0.2, -0.15) is 0 Å². The van der Waals surface area contributed by atoms with E-state index in [4.69, 9.17) is 9.47 Å². The molecule has 6 fully saturated rings. The molecule has 0 amide bonds. The van der Waals surface area contributed by atoms with E-state index in [1.165, 1.54) is 12.8 Å². The highest BCUT2D eigenvalue weighted by atomic mass is 16.7. The molecule has 5 nitrogen and oxygen atoms in total. The van der Waals surface area contributed by atoms with E-state index >= 15 is 0 Å². The Kier molecular flexibility index (Phi) is 4.83. The first-order valence-corrected chi connectivity index (χ1v) is 13.4. The summed E-state index contributed by atoms with van der Waals surface area (Å²) < 4.78 is 13.1. The number of aliphatic hydroxyl groups excluding tert-OH is 2. The van der Waals surface area contributed by atoms with Crippen LogP contribution in [0, 0.1) is 46.3 Å². The highest BCUT2D eigenvalue weighted by Crippen LogP contribution is 2.71. The van der Waals surface area contributed by atoms with Crippen LogP contribution in [0.4, 0.5) is 0 Å². The van der Waals surface area contributed by atoms with Gasteiger partial charge in [-0.25, -0.2) is 0 Å². The lowest BCUT2D eigenvalue weighted by molar-refractivity contribution is -0.294. The molecule has 0 aromatic heterocycles. The van der Waals surface area contributed by atoms with Crippen molar-refractivity contribution in [1.29, 1.82) is 0 Å². The van der Waals surface area contributed by atoms with Gasteiger partial charge >= 0.3 is 0 Å². The number of aliphatic hydroxyl groups is 3. The molecule has 4 saturated carbocycles. The molecule has 0 bridgehead atoms. The average molecular weight is 449 g/mol. The van der Waals surface area contributed by atoms with Crippen LogP contribution in [0.15, 0.2) is 0 Å².